The van der Waals surface area contributed by atoms with Gasteiger partial charge in [0.2, 0.25) is 0 Å². The van der Waals surface area contributed by atoms with Gasteiger partial charge in [-0.25, -0.2) is 0 Å². The minimum Gasteiger partial charge on any atom is -0.318 e. The van der Waals surface area contributed by atoms with Crippen LogP contribution in [0.25, 0.3) is 0 Å². The standard InChI is InChI=1S/CH4ClN.H3P.Si/c2-1-3;;/h1,3H2;1H3;. The van der Waals surface area contributed by atoms with Crippen LogP contribution in [0.1, 0.15) is 0 Å². The summed E-state index contributed by atoms with van der Waals surface area (Å²) in [6.07, 6.45) is 0. The van der Waals surface area contributed by atoms with E-state index in [1.54, 1.807) is 0 Å². The second kappa shape index (κ2) is 20.7. The van der Waals surface area contributed by atoms with Gasteiger partial charge < -0.3 is 5.73 Å². The van der Waals surface area contributed by atoms with Crippen LogP contribution in [-0.4, -0.2) is 17.0 Å². The SMILES string of the molecule is NCCl.P.[Si]. The number of nitrogens with two attached hydrogens (primary N) is 1. The highest BCUT2D eigenvalue weighted by atomic mass is 35.5. The lowest BCUT2D eigenvalue weighted by Crippen LogP contribution is -1.83. The van der Waals surface area contributed by atoms with Crippen LogP contribution in [0.4, 0.5) is 0 Å². The first-order chi connectivity index (χ1) is 1.41. The summed E-state index contributed by atoms with van der Waals surface area (Å²) in [7, 11) is 0. The third-order valence-corrected chi connectivity index (χ3v) is 0. The topological polar surface area (TPSA) is 26.0 Å². The van der Waals surface area contributed by atoms with E-state index in [4.69, 9.17) is 11.6 Å². The highest BCUT2D eigenvalue weighted by Crippen LogP contribution is 1.47. The van der Waals surface area contributed by atoms with Gasteiger partial charge >= 0.3 is 0 Å². The molecule has 0 bridgehead atoms. The largest absolute Gasteiger partial charge is 0.318 e. The molecule has 0 spiro atoms. The lowest BCUT2D eigenvalue weighted by Gasteiger charge is -1.50. The van der Waals surface area contributed by atoms with Gasteiger partial charge in [-0.1, -0.05) is 0 Å². The van der Waals surface area contributed by atoms with E-state index < -0.39 is 0 Å². The Bertz CT molecular complexity index is 11.6. The van der Waals surface area contributed by atoms with E-state index in [2.05, 4.69) is 5.73 Å². The highest BCUT2D eigenvalue weighted by molar-refractivity contribution is 6.92. The summed E-state index contributed by atoms with van der Waals surface area (Å²) in [5, 5.41) is 0. The van der Waals surface area contributed by atoms with Crippen molar-refractivity contribution in [1.82, 2.24) is 0 Å². The molecule has 1 unspecified atom stereocenters. The molecular formula is CH7ClNPSi. The summed E-state index contributed by atoms with van der Waals surface area (Å²) in [6, 6.07) is 0.222. The minimum atomic E-state index is 0. The predicted molar refractivity (Wildman–Crippen MR) is 31.8 cm³/mol. The number of hydrogen-bond acceptors (Lipinski definition) is 1. The zero-order valence-electron chi connectivity index (χ0n) is 2.87. The van der Waals surface area contributed by atoms with Gasteiger partial charge in [-0.15, -0.1) is 11.6 Å². The molecule has 0 aliphatic heterocycles. The molecule has 4 radical (unpaired) electrons. The summed E-state index contributed by atoms with van der Waals surface area (Å²) in [5.41, 5.74) is 4.61. The molecule has 0 amide bonds. The van der Waals surface area contributed by atoms with Gasteiger partial charge in [0.15, 0.2) is 0 Å². The molecule has 0 saturated carbocycles. The maximum atomic E-state index is 4.78. The fourth-order valence-electron chi connectivity index (χ4n) is 0. The Morgan fingerprint density at radius 2 is 1.60 bits per heavy atom. The molecule has 4 heteroatoms. The summed E-state index contributed by atoms with van der Waals surface area (Å²) < 4.78 is 0. The monoisotopic (exact) mass is 127 g/mol. The van der Waals surface area contributed by atoms with Crippen LogP contribution in [0.5, 0.6) is 0 Å². The predicted octanol–water partition coefficient (Wildman–Crippen LogP) is -0.181. The average molecular weight is 128 g/mol. The van der Waals surface area contributed by atoms with E-state index in [0.29, 0.717) is 0 Å². The molecular weight excluding hydrogens is 121 g/mol. The van der Waals surface area contributed by atoms with Crippen LogP contribution < -0.4 is 5.73 Å². The summed E-state index contributed by atoms with van der Waals surface area (Å²) in [6.45, 7) is 0. The average Bonchev–Trinajstić information content (AvgIpc) is 0.918. The van der Waals surface area contributed by atoms with Crippen molar-refractivity contribution in [1.29, 1.82) is 0 Å². The van der Waals surface area contributed by atoms with Crippen LogP contribution in [0.3, 0.4) is 0 Å². The minimum absolute atomic E-state index is 0. The molecule has 32 valence electrons. The Balaban J connectivity index is -0.0000000200. The van der Waals surface area contributed by atoms with Crippen LogP contribution in [0.15, 0.2) is 0 Å². The molecule has 0 aliphatic rings. The molecule has 0 aromatic rings. The Hall–Kier alpha value is 0.897. The lowest BCUT2D eigenvalue weighted by atomic mass is 11.6. The van der Waals surface area contributed by atoms with Crippen molar-refractivity contribution in [3.05, 3.63) is 0 Å². The van der Waals surface area contributed by atoms with E-state index in [0.717, 1.165) is 0 Å². The maximum absolute atomic E-state index is 4.78. The zero-order valence-corrected chi connectivity index (χ0v) is 6.04. The number of hydrogen-bond donors (Lipinski definition) is 1. The highest BCUT2D eigenvalue weighted by Gasteiger charge is 1.35. The van der Waals surface area contributed by atoms with Crippen molar-refractivity contribution in [2.24, 2.45) is 5.73 Å². The lowest BCUT2D eigenvalue weighted by molar-refractivity contribution is 1.39. The van der Waals surface area contributed by atoms with Crippen molar-refractivity contribution < 1.29 is 0 Å². The molecule has 0 fully saturated rings. The second-order valence-electron chi connectivity index (χ2n) is 0.154. The quantitative estimate of drug-likeness (QED) is 0.208. The van der Waals surface area contributed by atoms with Crippen molar-refractivity contribution in [3.63, 3.8) is 0 Å². The Morgan fingerprint density at radius 1 is 1.60 bits per heavy atom. The molecule has 0 aromatic carbocycles. The van der Waals surface area contributed by atoms with Crippen molar-refractivity contribution >= 4 is 32.5 Å². The fraction of sp³-hybridized carbons (Fsp3) is 1.00. The number of rotatable bonds is 0. The number of halogens is 1. The van der Waals surface area contributed by atoms with E-state index in [1.165, 1.54) is 0 Å². The second-order valence-corrected chi connectivity index (χ2v) is 0.463. The normalized spacial score (nSPS) is 3.60. The van der Waals surface area contributed by atoms with Crippen molar-refractivity contribution in [3.8, 4) is 0 Å². The smallest absolute Gasteiger partial charge is 0.0688 e. The van der Waals surface area contributed by atoms with Gasteiger partial charge in [-0.3, -0.25) is 0 Å². The molecule has 5 heavy (non-hydrogen) atoms. The third kappa shape index (κ3) is 51.1. The first kappa shape index (κ1) is 16.9. The van der Waals surface area contributed by atoms with E-state index in [9.17, 15) is 0 Å². The molecule has 2 N–H and O–H groups in total. The number of alkyl halides is 1. The summed E-state index contributed by atoms with van der Waals surface area (Å²) in [5.74, 6) is 0. The third-order valence-electron chi connectivity index (χ3n) is 0. The van der Waals surface area contributed by atoms with E-state index >= 15 is 0 Å². The van der Waals surface area contributed by atoms with E-state index in [-0.39, 0.29) is 26.9 Å². The molecule has 1 atom stereocenters. The first-order valence-electron chi connectivity index (χ1n) is 0.676. The maximum Gasteiger partial charge on any atom is 0.0688 e. The van der Waals surface area contributed by atoms with E-state index in [1.807, 2.05) is 0 Å². The Labute approximate surface area is 44.9 Å². The van der Waals surface area contributed by atoms with Gasteiger partial charge in [0, 0.05) is 11.0 Å². The van der Waals surface area contributed by atoms with Gasteiger partial charge in [-0.05, 0) is 0 Å². The van der Waals surface area contributed by atoms with Crippen LogP contribution in [-0.2, 0) is 0 Å². The van der Waals surface area contributed by atoms with Gasteiger partial charge in [-0.2, -0.15) is 9.90 Å². The summed E-state index contributed by atoms with van der Waals surface area (Å²) in [4.78, 5) is 0. The Kier molecular flexibility index (Phi) is 69.6. The Morgan fingerprint density at radius 3 is 1.60 bits per heavy atom. The van der Waals surface area contributed by atoms with Crippen molar-refractivity contribution in [2.75, 3.05) is 6.00 Å². The molecule has 0 heterocycles. The molecule has 0 aliphatic carbocycles. The molecule has 1 nitrogen and oxygen atoms in total. The van der Waals surface area contributed by atoms with Crippen LogP contribution in [0.2, 0.25) is 0 Å². The van der Waals surface area contributed by atoms with Gasteiger partial charge in [0.05, 0.1) is 6.00 Å². The van der Waals surface area contributed by atoms with Crippen LogP contribution >= 0.6 is 21.5 Å². The van der Waals surface area contributed by atoms with Crippen LogP contribution in [0, 0.1) is 0 Å². The van der Waals surface area contributed by atoms with Crippen molar-refractivity contribution in [2.45, 2.75) is 0 Å². The van der Waals surface area contributed by atoms with Gasteiger partial charge in [0.25, 0.3) is 0 Å². The molecule has 0 saturated heterocycles. The first-order valence-corrected chi connectivity index (χ1v) is 1.21. The fourth-order valence-corrected chi connectivity index (χ4v) is 0. The molecule has 0 aromatic heterocycles. The van der Waals surface area contributed by atoms with Gasteiger partial charge in [0.1, 0.15) is 0 Å². The zero-order chi connectivity index (χ0) is 2.71. The summed E-state index contributed by atoms with van der Waals surface area (Å²) >= 11 is 4.78. The molecule has 0 rings (SSSR count).